The van der Waals surface area contributed by atoms with Crippen LogP contribution in [0, 0.1) is 16.7 Å². The molecular formula is C15H17N3O2. The molecular weight excluding hydrogens is 254 g/mol. The molecule has 1 aromatic rings. The summed E-state index contributed by atoms with van der Waals surface area (Å²) in [5.41, 5.74) is 0.245. The van der Waals surface area contributed by atoms with Gasteiger partial charge in [-0.25, -0.2) is 0 Å². The van der Waals surface area contributed by atoms with Crippen LogP contribution in [-0.4, -0.2) is 22.8 Å². The van der Waals surface area contributed by atoms with Gasteiger partial charge in [0.15, 0.2) is 5.78 Å². The van der Waals surface area contributed by atoms with Gasteiger partial charge in [-0.2, -0.15) is 5.26 Å². The minimum atomic E-state index is -0.361. The zero-order valence-electron chi connectivity index (χ0n) is 11.3. The molecule has 1 atom stereocenters. The highest BCUT2D eigenvalue weighted by Crippen LogP contribution is 2.39. The molecule has 1 aliphatic heterocycles. The lowest BCUT2D eigenvalue weighted by atomic mass is 9.70. The van der Waals surface area contributed by atoms with Crippen molar-refractivity contribution >= 4 is 11.7 Å². The zero-order valence-corrected chi connectivity index (χ0v) is 11.3. The number of ketones is 1. The third kappa shape index (κ3) is 2.01. The second-order valence-corrected chi connectivity index (χ2v) is 5.74. The fraction of sp³-hybridized carbons (Fsp3) is 0.533. The number of rotatable bonds is 3. The normalized spacial score (nSPS) is 23.4. The monoisotopic (exact) mass is 271 g/mol. The van der Waals surface area contributed by atoms with E-state index in [0.29, 0.717) is 25.1 Å². The summed E-state index contributed by atoms with van der Waals surface area (Å²) in [5.74, 6) is 0.00279. The number of nitrogens with zero attached hydrogens (tertiary/aromatic N) is 2. The molecule has 0 saturated heterocycles. The molecule has 1 amide bonds. The van der Waals surface area contributed by atoms with Crippen molar-refractivity contribution in [1.29, 1.82) is 5.26 Å². The Kier molecular flexibility index (Phi) is 3.09. The van der Waals surface area contributed by atoms with Gasteiger partial charge in [0.05, 0.1) is 17.2 Å². The Bertz CT molecular complexity index is 593. The van der Waals surface area contributed by atoms with E-state index in [2.05, 4.69) is 11.4 Å². The van der Waals surface area contributed by atoms with Crippen LogP contribution in [0.2, 0.25) is 0 Å². The van der Waals surface area contributed by atoms with E-state index in [-0.39, 0.29) is 23.1 Å². The van der Waals surface area contributed by atoms with E-state index >= 15 is 0 Å². The minimum absolute atomic E-state index is 0.0866. The molecule has 1 fully saturated rings. The van der Waals surface area contributed by atoms with Gasteiger partial charge in [0.25, 0.3) is 0 Å². The molecule has 1 aromatic heterocycles. The lowest BCUT2D eigenvalue weighted by molar-refractivity contribution is -0.125. The summed E-state index contributed by atoms with van der Waals surface area (Å²) in [4.78, 5) is 24.1. The average molecular weight is 271 g/mol. The van der Waals surface area contributed by atoms with Crippen molar-refractivity contribution in [3.05, 3.63) is 24.0 Å². The molecule has 0 spiro atoms. The van der Waals surface area contributed by atoms with Crippen LogP contribution >= 0.6 is 0 Å². The van der Waals surface area contributed by atoms with Crippen molar-refractivity contribution in [3.63, 3.8) is 0 Å². The van der Waals surface area contributed by atoms with Crippen LogP contribution in [0.25, 0.3) is 0 Å². The Labute approximate surface area is 117 Å². The Morgan fingerprint density at radius 1 is 1.55 bits per heavy atom. The third-order valence-corrected chi connectivity index (χ3v) is 4.50. The van der Waals surface area contributed by atoms with E-state index < -0.39 is 0 Å². The Morgan fingerprint density at radius 2 is 2.35 bits per heavy atom. The highest BCUT2D eigenvalue weighted by molar-refractivity contribution is 5.97. The molecule has 1 unspecified atom stereocenters. The Morgan fingerprint density at radius 3 is 3.00 bits per heavy atom. The molecule has 104 valence electrons. The van der Waals surface area contributed by atoms with Crippen molar-refractivity contribution < 1.29 is 9.59 Å². The maximum Gasteiger partial charge on any atom is 0.243 e. The standard InChI is InChI=1S/C15H17N3O2/c16-9-15(6-2-7-15)10-17-14(20)12-4-5-13(19)11-3-1-8-18(11)12/h1,3,8,12H,2,4-7,10H2,(H,17,20). The van der Waals surface area contributed by atoms with Gasteiger partial charge >= 0.3 is 0 Å². The van der Waals surface area contributed by atoms with E-state index in [0.717, 1.165) is 19.3 Å². The fourth-order valence-electron chi connectivity index (χ4n) is 3.00. The van der Waals surface area contributed by atoms with Gasteiger partial charge in [0.1, 0.15) is 6.04 Å². The number of fused-ring (bicyclic) bond motifs is 1. The largest absolute Gasteiger partial charge is 0.353 e. The molecule has 5 heteroatoms. The SMILES string of the molecule is N#CC1(CNC(=O)C2CCC(=O)c3cccn32)CCC1. The van der Waals surface area contributed by atoms with E-state index in [1.807, 2.05) is 0 Å². The first-order valence-corrected chi connectivity index (χ1v) is 7.04. The summed E-state index contributed by atoms with van der Waals surface area (Å²) in [6, 6.07) is 5.54. The maximum atomic E-state index is 12.3. The molecule has 0 bridgehead atoms. The topological polar surface area (TPSA) is 74.9 Å². The predicted molar refractivity (Wildman–Crippen MR) is 71.9 cm³/mol. The minimum Gasteiger partial charge on any atom is -0.353 e. The Hall–Kier alpha value is -2.09. The van der Waals surface area contributed by atoms with E-state index in [1.54, 1.807) is 22.9 Å². The summed E-state index contributed by atoms with van der Waals surface area (Å²) in [6.07, 6.45) is 5.50. The zero-order chi connectivity index (χ0) is 14.2. The lowest BCUT2D eigenvalue weighted by Crippen LogP contribution is -2.44. The number of Topliss-reactive ketones (excluding diaryl/α,β-unsaturated/α-hetero) is 1. The lowest BCUT2D eigenvalue weighted by Gasteiger charge is -2.35. The average Bonchev–Trinajstić information content (AvgIpc) is 2.88. The van der Waals surface area contributed by atoms with Crippen LogP contribution < -0.4 is 5.32 Å². The molecule has 2 aliphatic rings. The van der Waals surface area contributed by atoms with Gasteiger partial charge in [-0.1, -0.05) is 6.42 Å². The van der Waals surface area contributed by atoms with Gasteiger partial charge in [-0.3, -0.25) is 9.59 Å². The van der Waals surface area contributed by atoms with Gasteiger partial charge in [0.2, 0.25) is 5.91 Å². The second kappa shape index (κ2) is 4.78. The first-order chi connectivity index (χ1) is 9.65. The number of amides is 1. The van der Waals surface area contributed by atoms with E-state index in [9.17, 15) is 9.59 Å². The van der Waals surface area contributed by atoms with Crippen molar-refractivity contribution in [2.75, 3.05) is 6.54 Å². The van der Waals surface area contributed by atoms with Crippen LogP contribution in [0.1, 0.15) is 48.6 Å². The number of nitriles is 1. The molecule has 0 aromatic carbocycles. The number of nitrogens with one attached hydrogen (secondary N) is 1. The molecule has 5 nitrogen and oxygen atoms in total. The third-order valence-electron chi connectivity index (χ3n) is 4.50. The molecule has 2 heterocycles. The molecule has 20 heavy (non-hydrogen) atoms. The maximum absolute atomic E-state index is 12.3. The molecule has 1 N–H and O–H groups in total. The summed E-state index contributed by atoms with van der Waals surface area (Å²) in [6.45, 7) is 0.420. The van der Waals surface area contributed by atoms with Gasteiger partial charge in [-0.15, -0.1) is 0 Å². The summed E-state index contributed by atoms with van der Waals surface area (Å²) in [5, 5.41) is 12.1. The number of carbonyl (C=O) groups is 2. The summed E-state index contributed by atoms with van der Waals surface area (Å²) >= 11 is 0. The summed E-state index contributed by atoms with van der Waals surface area (Å²) in [7, 11) is 0. The second-order valence-electron chi connectivity index (χ2n) is 5.74. The van der Waals surface area contributed by atoms with Gasteiger partial charge < -0.3 is 9.88 Å². The first-order valence-electron chi connectivity index (χ1n) is 7.04. The quantitative estimate of drug-likeness (QED) is 0.911. The van der Waals surface area contributed by atoms with Crippen LogP contribution in [0.5, 0.6) is 0 Å². The fourth-order valence-corrected chi connectivity index (χ4v) is 3.00. The number of carbonyl (C=O) groups excluding carboxylic acids is 2. The van der Waals surface area contributed by atoms with E-state index in [4.69, 9.17) is 5.26 Å². The van der Waals surface area contributed by atoms with Gasteiger partial charge in [-0.05, 0) is 31.4 Å². The van der Waals surface area contributed by atoms with Crippen molar-refractivity contribution in [2.45, 2.75) is 38.1 Å². The Balaban J connectivity index is 1.69. The number of aromatic nitrogens is 1. The molecule has 1 aliphatic carbocycles. The molecule has 3 rings (SSSR count). The van der Waals surface area contributed by atoms with Crippen molar-refractivity contribution in [1.82, 2.24) is 9.88 Å². The van der Waals surface area contributed by atoms with Crippen LogP contribution in [0.4, 0.5) is 0 Å². The first kappa shape index (κ1) is 12.9. The van der Waals surface area contributed by atoms with Crippen LogP contribution in [0.15, 0.2) is 18.3 Å². The van der Waals surface area contributed by atoms with E-state index in [1.165, 1.54) is 0 Å². The number of hydrogen-bond donors (Lipinski definition) is 1. The predicted octanol–water partition coefficient (Wildman–Crippen LogP) is 1.82. The number of hydrogen-bond acceptors (Lipinski definition) is 3. The van der Waals surface area contributed by atoms with Gasteiger partial charge in [0, 0.05) is 19.2 Å². The highest BCUT2D eigenvalue weighted by atomic mass is 16.2. The highest BCUT2D eigenvalue weighted by Gasteiger charge is 2.38. The smallest absolute Gasteiger partial charge is 0.243 e. The molecule has 1 saturated carbocycles. The van der Waals surface area contributed by atoms with Crippen LogP contribution in [-0.2, 0) is 4.79 Å². The van der Waals surface area contributed by atoms with Crippen molar-refractivity contribution in [3.8, 4) is 6.07 Å². The summed E-state index contributed by atoms with van der Waals surface area (Å²) < 4.78 is 1.75. The van der Waals surface area contributed by atoms with Crippen molar-refractivity contribution in [2.24, 2.45) is 5.41 Å². The molecule has 0 radical (unpaired) electrons. The van der Waals surface area contributed by atoms with Crippen LogP contribution in [0.3, 0.4) is 0 Å².